The summed E-state index contributed by atoms with van der Waals surface area (Å²) in [5.74, 6) is 0.549. The zero-order valence-electron chi connectivity index (χ0n) is 10.5. The maximum atomic E-state index is 11.9. The first-order chi connectivity index (χ1) is 8.65. The lowest BCUT2D eigenvalue weighted by molar-refractivity contribution is 0.0954. The Labute approximate surface area is 110 Å². The summed E-state index contributed by atoms with van der Waals surface area (Å²) in [6.45, 7) is 4.74. The van der Waals surface area contributed by atoms with E-state index < -0.39 is 0 Å². The summed E-state index contributed by atoms with van der Waals surface area (Å²) in [4.78, 5) is 17.8. The van der Waals surface area contributed by atoms with E-state index in [-0.39, 0.29) is 5.91 Å². The monoisotopic (exact) mass is 264 g/mol. The third kappa shape index (κ3) is 3.43. The lowest BCUT2D eigenvalue weighted by Crippen LogP contribution is -2.21. The number of amides is 1. The SMILES string of the molecule is CC(C)Cc1ccc(C(=O)NCc2cocn2)s1. The van der Waals surface area contributed by atoms with Crippen molar-refractivity contribution in [2.75, 3.05) is 0 Å². The van der Waals surface area contributed by atoms with Crippen LogP contribution in [0, 0.1) is 5.92 Å². The molecule has 0 radical (unpaired) electrons. The molecule has 2 heterocycles. The van der Waals surface area contributed by atoms with Crippen LogP contribution in [0.15, 0.2) is 29.2 Å². The molecule has 2 aromatic rings. The van der Waals surface area contributed by atoms with Gasteiger partial charge in [-0.15, -0.1) is 11.3 Å². The van der Waals surface area contributed by atoms with Crippen molar-refractivity contribution in [2.45, 2.75) is 26.8 Å². The van der Waals surface area contributed by atoms with Crippen LogP contribution in [0.5, 0.6) is 0 Å². The van der Waals surface area contributed by atoms with E-state index in [1.54, 1.807) is 11.3 Å². The Hall–Kier alpha value is -1.62. The lowest BCUT2D eigenvalue weighted by Gasteiger charge is -2.01. The molecule has 0 saturated carbocycles. The number of oxazole rings is 1. The van der Waals surface area contributed by atoms with Gasteiger partial charge in [-0.25, -0.2) is 4.98 Å². The maximum absolute atomic E-state index is 11.9. The van der Waals surface area contributed by atoms with Crippen LogP contribution < -0.4 is 5.32 Å². The number of carbonyl (C=O) groups is 1. The summed E-state index contributed by atoms with van der Waals surface area (Å²) >= 11 is 1.55. The summed E-state index contributed by atoms with van der Waals surface area (Å²) in [6, 6.07) is 3.90. The van der Waals surface area contributed by atoms with Crippen LogP contribution in [0.25, 0.3) is 0 Å². The van der Waals surface area contributed by atoms with Crippen molar-refractivity contribution in [3.8, 4) is 0 Å². The van der Waals surface area contributed by atoms with Gasteiger partial charge in [-0.2, -0.15) is 0 Å². The Balaban J connectivity index is 1.90. The predicted molar refractivity (Wildman–Crippen MR) is 70.5 cm³/mol. The van der Waals surface area contributed by atoms with Gasteiger partial charge < -0.3 is 9.73 Å². The summed E-state index contributed by atoms with van der Waals surface area (Å²) in [7, 11) is 0. The highest BCUT2D eigenvalue weighted by atomic mass is 32.1. The molecular formula is C13H16N2O2S. The molecule has 0 aliphatic carbocycles. The molecular weight excluding hydrogens is 248 g/mol. The molecule has 0 aromatic carbocycles. The van der Waals surface area contributed by atoms with Crippen molar-refractivity contribution in [3.05, 3.63) is 40.2 Å². The number of nitrogens with one attached hydrogen (secondary N) is 1. The maximum Gasteiger partial charge on any atom is 0.261 e. The zero-order valence-corrected chi connectivity index (χ0v) is 11.3. The van der Waals surface area contributed by atoms with Gasteiger partial charge in [0.15, 0.2) is 6.39 Å². The first kappa shape index (κ1) is 12.8. The predicted octanol–water partition coefficient (Wildman–Crippen LogP) is 2.86. The highest BCUT2D eigenvalue weighted by Crippen LogP contribution is 2.19. The van der Waals surface area contributed by atoms with Crippen molar-refractivity contribution in [1.29, 1.82) is 0 Å². The molecule has 2 rings (SSSR count). The number of nitrogens with zero attached hydrogens (tertiary/aromatic N) is 1. The minimum atomic E-state index is -0.0574. The van der Waals surface area contributed by atoms with E-state index in [9.17, 15) is 4.79 Å². The smallest absolute Gasteiger partial charge is 0.261 e. The van der Waals surface area contributed by atoms with E-state index in [1.807, 2.05) is 12.1 Å². The third-order valence-electron chi connectivity index (χ3n) is 2.41. The summed E-state index contributed by atoms with van der Waals surface area (Å²) < 4.78 is 4.84. The van der Waals surface area contributed by atoms with Crippen LogP contribution in [-0.2, 0) is 13.0 Å². The Bertz CT molecular complexity index is 503. The molecule has 1 amide bonds. The standard InChI is InChI=1S/C13H16N2O2S/c1-9(2)5-11-3-4-12(18-11)13(16)14-6-10-7-17-8-15-10/h3-4,7-9H,5-6H2,1-2H3,(H,14,16). The van der Waals surface area contributed by atoms with Gasteiger partial charge in [0.25, 0.3) is 5.91 Å². The van der Waals surface area contributed by atoms with Gasteiger partial charge in [-0.3, -0.25) is 4.79 Å². The minimum absolute atomic E-state index is 0.0574. The summed E-state index contributed by atoms with van der Waals surface area (Å²) in [6.07, 6.45) is 3.90. The number of hydrogen-bond donors (Lipinski definition) is 1. The van der Waals surface area contributed by atoms with E-state index in [4.69, 9.17) is 4.42 Å². The zero-order chi connectivity index (χ0) is 13.0. The molecule has 5 heteroatoms. The molecule has 0 aliphatic heterocycles. The van der Waals surface area contributed by atoms with Crippen LogP contribution >= 0.6 is 11.3 Å². The second-order valence-electron chi connectivity index (χ2n) is 4.53. The van der Waals surface area contributed by atoms with Gasteiger partial charge in [-0.05, 0) is 24.5 Å². The molecule has 0 atom stereocenters. The first-order valence-corrected chi connectivity index (χ1v) is 6.71. The van der Waals surface area contributed by atoms with Crippen molar-refractivity contribution < 1.29 is 9.21 Å². The van der Waals surface area contributed by atoms with E-state index in [0.717, 1.165) is 17.0 Å². The topological polar surface area (TPSA) is 55.1 Å². The Morgan fingerprint density at radius 3 is 3.00 bits per heavy atom. The fraction of sp³-hybridized carbons (Fsp3) is 0.385. The molecule has 18 heavy (non-hydrogen) atoms. The number of carbonyl (C=O) groups excluding carboxylic acids is 1. The highest BCUT2D eigenvalue weighted by Gasteiger charge is 2.10. The van der Waals surface area contributed by atoms with Crippen LogP contribution in [0.1, 0.15) is 34.1 Å². The molecule has 0 bridgehead atoms. The second kappa shape index (κ2) is 5.82. The second-order valence-corrected chi connectivity index (χ2v) is 5.69. The van der Waals surface area contributed by atoms with Gasteiger partial charge in [0.2, 0.25) is 0 Å². The van der Waals surface area contributed by atoms with Gasteiger partial charge in [0, 0.05) is 4.88 Å². The Morgan fingerprint density at radius 1 is 1.50 bits per heavy atom. The van der Waals surface area contributed by atoms with Crippen molar-refractivity contribution in [3.63, 3.8) is 0 Å². The molecule has 0 spiro atoms. The average molecular weight is 264 g/mol. The minimum Gasteiger partial charge on any atom is -0.451 e. The van der Waals surface area contributed by atoms with Crippen LogP contribution in [0.2, 0.25) is 0 Å². The molecule has 4 nitrogen and oxygen atoms in total. The first-order valence-electron chi connectivity index (χ1n) is 5.89. The summed E-state index contributed by atoms with van der Waals surface area (Å²) in [5.41, 5.74) is 0.724. The molecule has 1 N–H and O–H groups in total. The molecule has 96 valence electrons. The Kier molecular flexibility index (Phi) is 4.15. The van der Waals surface area contributed by atoms with Crippen LogP contribution in [0.4, 0.5) is 0 Å². The quantitative estimate of drug-likeness (QED) is 0.903. The van der Waals surface area contributed by atoms with E-state index >= 15 is 0 Å². The molecule has 0 aliphatic rings. The van der Waals surface area contributed by atoms with Crippen LogP contribution in [-0.4, -0.2) is 10.9 Å². The van der Waals surface area contributed by atoms with E-state index in [2.05, 4.69) is 24.1 Å². The summed E-state index contributed by atoms with van der Waals surface area (Å²) in [5, 5.41) is 2.82. The molecule has 0 fully saturated rings. The number of hydrogen-bond acceptors (Lipinski definition) is 4. The molecule has 0 saturated heterocycles. The van der Waals surface area contributed by atoms with Crippen molar-refractivity contribution >= 4 is 17.2 Å². The van der Waals surface area contributed by atoms with Crippen LogP contribution in [0.3, 0.4) is 0 Å². The van der Waals surface area contributed by atoms with Gasteiger partial charge >= 0.3 is 0 Å². The van der Waals surface area contributed by atoms with Gasteiger partial charge in [0.1, 0.15) is 6.26 Å². The van der Waals surface area contributed by atoms with Gasteiger partial charge in [0.05, 0.1) is 17.1 Å². The number of thiophene rings is 1. The fourth-order valence-electron chi connectivity index (χ4n) is 1.59. The van der Waals surface area contributed by atoms with Crippen molar-refractivity contribution in [2.24, 2.45) is 5.92 Å². The average Bonchev–Trinajstić information content (AvgIpc) is 2.95. The van der Waals surface area contributed by atoms with Gasteiger partial charge in [-0.1, -0.05) is 13.8 Å². The van der Waals surface area contributed by atoms with E-state index in [0.29, 0.717) is 12.5 Å². The van der Waals surface area contributed by atoms with Crippen molar-refractivity contribution in [1.82, 2.24) is 10.3 Å². The Morgan fingerprint density at radius 2 is 2.33 bits per heavy atom. The third-order valence-corrected chi connectivity index (χ3v) is 3.51. The number of aromatic nitrogens is 1. The van der Waals surface area contributed by atoms with E-state index in [1.165, 1.54) is 17.5 Å². The highest BCUT2D eigenvalue weighted by molar-refractivity contribution is 7.14. The number of rotatable bonds is 5. The normalized spacial score (nSPS) is 10.8. The largest absolute Gasteiger partial charge is 0.451 e. The lowest BCUT2D eigenvalue weighted by atomic mass is 10.1. The molecule has 0 unspecified atom stereocenters. The molecule has 2 aromatic heterocycles. The fourth-order valence-corrected chi connectivity index (χ4v) is 2.73.